The van der Waals surface area contributed by atoms with E-state index in [2.05, 4.69) is 6.92 Å². The van der Waals surface area contributed by atoms with E-state index in [9.17, 15) is 18.3 Å². The molecule has 0 aliphatic heterocycles. The van der Waals surface area contributed by atoms with Crippen molar-refractivity contribution in [1.29, 1.82) is 0 Å². The first-order valence-electron chi connectivity index (χ1n) is 10.5. The number of sulfone groups is 1. The lowest BCUT2D eigenvalue weighted by Gasteiger charge is -2.13. The zero-order valence-corrected chi connectivity index (χ0v) is 17.6. The highest BCUT2D eigenvalue weighted by molar-refractivity contribution is 7.92. The molecule has 0 spiro atoms. The molecule has 0 bridgehead atoms. The lowest BCUT2D eigenvalue weighted by Crippen LogP contribution is -2.30. The Kier molecular flexibility index (Phi) is 12.1. The van der Waals surface area contributed by atoms with Crippen molar-refractivity contribution in [1.82, 2.24) is 0 Å². The van der Waals surface area contributed by atoms with E-state index in [0.717, 1.165) is 19.3 Å². The zero-order valence-electron chi connectivity index (χ0n) is 16.7. The molecule has 154 valence electrons. The Morgan fingerprint density at radius 1 is 0.815 bits per heavy atom. The van der Waals surface area contributed by atoms with E-state index in [1.165, 1.54) is 63.5 Å². The predicted octanol–water partition coefficient (Wildman–Crippen LogP) is 6.00. The maximum Gasteiger partial charge on any atom is 0.322 e. The van der Waals surface area contributed by atoms with E-state index >= 15 is 0 Å². The number of carbonyl (C=O) groups is 1. The number of aliphatic carboxylic acids is 1. The first kappa shape index (κ1) is 23.7. The molecule has 0 amide bonds. The molecule has 4 nitrogen and oxygen atoms in total. The monoisotopic (exact) mass is 396 g/mol. The summed E-state index contributed by atoms with van der Waals surface area (Å²) in [5, 5.41) is 8.02. The standard InChI is InChI=1S/C22H36O4S/c1-2-3-4-5-6-7-8-9-10-11-12-16-19-21(22(23)24)27(25,26)20-17-14-13-15-18-20/h13-15,17-18,21H,2-12,16,19H2,1H3,(H,23,24). The summed E-state index contributed by atoms with van der Waals surface area (Å²) in [6, 6.07) is 7.90. The largest absolute Gasteiger partial charge is 0.480 e. The van der Waals surface area contributed by atoms with Crippen molar-refractivity contribution in [2.45, 2.75) is 101 Å². The smallest absolute Gasteiger partial charge is 0.322 e. The normalized spacial score (nSPS) is 12.8. The van der Waals surface area contributed by atoms with Gasteiger partial charge in [0.15, 0.2) is 15.1 Å². The van der Waals surface area contributed by atoms with E-state index in [1.54, 1.807) is 18.2 Å². The molecular formula is C22H36O4S. The van der Waals surface area contributed by atoms with Gasteiger partial charge >= 0.3 is 5.97 Å². The Morgan fingerprint density at radius 2 is 1.26 bits per heavy atom. The summed E-state index contributed by atoms with van der Waals surface area (Å²) in [5.41, 5.74) is 0. The summed E-state index contributed by atoms with van der Waals surface area (Å²) in [6.07, 6.45) is 14.4. The quantitative estimate of drug-likeness (QED) is 0.348. The number of hydrogen-bond donors (Lipinski definition) is 1. The molecule has 1 rings (SSSR count). The van der Waals surface area contributed by atoms with Crippen LogP contribution in [0.2, 0.25) is 0 Å². The van der Waals surface area contributed by atoms with Crippen LogP contribution in [-0.4, -0.2) is 24.7 Å². The number of rotatable bonds is 16. The molecule has 1 aromatic carbocycles. The molecule has 0 saturated heterocycles. The van der Waals surface area contributed by atoms with Gasteiger partial charge in [0.2, 0.25) is 0 Å². The molecule has 0 heterocycles. The fourth-order valence-corrected chi connectivity index (χ4v) is 4.96. The molecule has 0 radical (unpaired) electrons. The first-order valence-corrected chi connectivity index (χ1v) is 12.1. The Labute approximate surface area is 165 Å². The van der Waals surface area contributed by atoms with Gasteiger partial charge in [-0.05, 0) is 18.6 Å². The molecule has 1 atom stereocenters. The summed E-state index contributed by atoms with van der Waals surface area (Å²) in [5.74, 6) is -1.25. The molecule has 1 N–H and O–H groups in total. The minimum Gasteiger partial charge on any atom is -0.480 e. The lowest BCUT2D eigenvalue weighted by atomic mass is 10.0. The van der Waals surface area contributed by atoms with Crippen molar-refractivity contribution >= 4 is 15.8 Å². The number of carboxylic acids is 1. The van der Waals surface area contributed by atoms with Gasteiger partial charge in [0, 0.05) is 0 Å². The number of benzene rings is 1. The van der Waals surface area contributed by atoms with Crippen LogP contribution in [0.3, 0.4) is 0 Å². The van der Waals surface area contributed by atoms with Crippen LogP contribution in [0, 0.1) is 0 Å². The number of carboxylic acid groups (broad SMARTS) is 1. The fourth-order valence-electron chi connectivity index (χ4n) is 3.36. The van der Waals surface area contributed by atoms with E-state index < -0.39 is 21.1 Å². The average molecular weight is 397 g/mol. The highest BCUT2D eigenvalue weighted by Gasteiger charge is 2.33. The molecule has 27 heavy (non-hydrogen) atoms. The van der Waals surface area contributed by atoms with Crippen LogP contribution in [0.25, 0.3) is 0 Å². The second-order valence-corrected chi connectivity index (χ2v) is 9.49. The SMILES string of the molecule is CCCCCCCCCCCCCCC(C(=O)O)S(=O)(=O)c1ccccc1. The lowest BCUT2D eigenvalue weighted by molar-refractivity contribution is -0.136. The van der Waals surface area contributed by atoms with Crippen LogP contribution < -0.4 is 0 Å². The molecule has 1 aromatic rings. The summed E-state index contributed by atoms with van der Waals surface area (Å²) >= 11 is 0. The van der Waals surface area contributed by atoms with Crippen LogP contribution in [0.5, 0.6) is 0 Å². The van der Waals surface area contributed by atoms with Crippen LogP contribution >= 0.6 is 0 Å². The van der Waals surface area contributed by atoms with Crippen LogP contribution in [0.1, 0.15) is 90.4 Å². The highest BCUT2D eigenvalue weighted by atomic mass is 32.2. The third-order valence-electron chi connectivity index (χ3n) is 5.04. The van der Waals surface area contributed by atoms with Gasteiger partial charge in [-0.1, -0.05) is 102 Å². The first-order chi connectivity index (χ1) is 13.0. The summed E-state index contributed by atoms with van der Waals surface area (Å²) in [7, 11) is -3.81. The minimum atomic E-state index is -3.81. The predicted molar refractivity (Wildman–Crippen MR) is 111 cm³/mol. The topological polar surface area (TPSA) is 71.4 Å². The minimum absolute atomic E-state index is 0.0938. The van der Waals surface area contributed by atoms with Crippen molar-refractivity contribution in [3.8, 4) is 0 Å². The third kappa shape index (κ3) is 9.41. The Bertz CT molecular complexity index is 610. The van der Waals surface area contributed by atoms with E-state index in [1.807, 2.05) is 0 Å². The van der Waals surface area contributed by atoms with Crippen molar-refractivity contribution < 1.29 is 18.3 Å². The van der Waals surface area contributed by atoms with Gasteiger partial charge in [-0.15, -0.1) is 0 Å². The van der Waals surface area contributed by atoms with E-state index in [-0.39, 0.29) is 11.3 Å². The van der Waals surface area contributed by atoms with Gasteiger partial charge in [-0.3, -0.25) is 4.79 Å². The van der Waals surface area contributed by atoms with Gasteiger partial charge in [0.25, 0.3) is 0 Å². The van der Waals surface area contributed by atoms with Crippen molar-refractivity contribution in [2.24, 2.45) is 0 Å². The van der Waals surface area contributed by atoms with Gasteiger partial charge < -0.3 is 5.11 Å². The molecule has 0 saturated carbocycles. The number of unbranched alkanes of at least 4 members (excludes halogenated alkanes) is 11. The Morgan fingerprint density at radius 3 is 1.70 bits per heavy atom. The van der Waals surface area contributed by atoms with Crippen molar-refractivity contribution in [3.05, 3.63) is 30.3 Å². The molecule has 1 unspecified atom stereocenters. The van der Waals surface area contributed by atoms with Crippen LogP contribution in [-0.2, 0) is 14.6 Å². The van der Waals surface area contributed by atoms with Crippen LogP contribution in [0.15, 0.2) is 35.2 Å². The van der Waals surface area contributed by atoms with Gasteiger partial charge in [-0.25, -0.2) is 8.42 Å². The Balaban J connectivity index is 2.21. The number of hydrogen-bond acceptors (Lipinski definition) is 3. The second-order valence-electron chi connectivity index (χ2n) is 7.36. The van der Waals surface area contributed by atoms with Gasteiger partial charge in [0.05, 0.1) is 4.90 Å². The maximum atomic E-state index is 12.5. The zero-order chi connectivity index (χ0) is 20.0. The Hall–Kier alpha value is -1.36. The molecule has 0 aromatic heterocycles. The molecule has 0 aliphatic rings. The van der Waals surface area contributed by atoms with Crippen molar-refractivity contribution in [3.63, 3.8) is 0 Å². The van der Waals surface area contributed by atoms with Gasteiger partial charge in [0.1, 0.15) is 0 Å². The van der Waals surface area contributed by atoms with Crippen LogP contribution in [0.4, 0.5) is 0 Å². The fraction of sp³-hybridized carbons (Fsp3) is 0.682. The second kappa shape index (κ2) is 13.8. The molecule has 0 fully saturated rings. The maximum absolute atomic E-state index is 12.5. The summed E-state index contributed by atoms with van der Waals surface area (Å²) in [6.45, 7) is 2.23. The molecule has 5 heteroatoms. The highest BCUT2D eigenvalue weighted by Crippen LogP contribution is 2.21. The molecular weight excluding hydrogens is 360 g/mol. The molecule has 0 aliphatic carbocycles. The third-order valence-corrected chi connectivity index (χ3v) is 7.16. The van der Waals surface area contributed by atoms with Gasteiger partial charge in [-0.2, -0.15) is 0 Å². The summed E-state index contributed by atoms with van der Waals surface area (Å²) < 4.78 is 25.1. The van der Waals surface area contributed by atoms with Crippen molar-refractivity contribution in [2.75, 3.05) is 0 Å². The van der Waals surface area contributed by atoms with E-state index in [0.29, 0.717) is 6.42 Å². The average Bonchev–Trinajstić information content (AvgIpc) is 2.65. The summed E-state index contributed by atoms with van der Waals surface area (Å²) in [4.78, 5) is 11.6. The van der Waals surface area contributed by atoms with E-state index in [4.69, 9.17) is 0 Å².